The van der Waals surface area contributed by atoms with Crippen molar-refractivity contribution in [3.05, 3.63) is 62.9 Å². The topological polar surface area (TPSA) is 118 Å². The van der Waals surface area contributed by atoms with E-state index in [-0.39, 0.29) is 17.3 Å². The average Bonchev–Trinajstić information content (AvgIpc) is 3.08. The second kappa shape index (κ2) is 9.72. The lowest BCUT2D eigenvalue weighted by molar-refractivity contribution is 0.0220. The maximum absolute atomic E-state index is 13.1. The number of benzene rings is 1. The summed E-state index contributed by atoms with van der Waals surface area (Å²) in [6.07, 6.45) is 2.25. The Morgan fingerprint density at radius 2 is 1.86 bits per heavy atom. The van der Waals surface area contributed by atoms with Gasteiger partial charge in [0, 0.05) is 27.3 Å². The molecule has 1 aromatic carbocycles. The molecule has 0 saturated carbocycles. The molecule has 4 rings (SSSR count). The van der Waals surface area contributed by atoms with Crippen molar-refractivity contribution >= 4 is 56.3 Å². The van der Waals surface area contributed by atoms with E-state index in [1.807, 2.05) is 26.8 Å². The van der Waals surface area contributed by atoms with Crippen LogP contribution >= 0.6 is 22.9 Å². The molecular formula is C24H25ClN4O5S2. The first kappa shape index (κ1) is 25.9. The zero-order valence-electron chi connectivity index (χ0n) is 20.1. The lowest BCUT2D eigenvalue weighted by Crippen LogP contribution is -2.35. The quantitative estimate of drug-likeness (QED) is 0.454. The fourth-order valence-electron chi connectivity index (χ4n) is 3.69. The Kier molecular flexibility index (Phi) is 7.00. The molecule has 0 atom stereocenters. The highest BCUT2D eigenvalue weighted by Crippen LogP contribution is 2.37. The number of fused-ring (bicyclic) bond motifs is 3. The first-order valence-corrected chi connectivity index (χ1v) is 14.0. The second-order valence-corrected chi connectivity index (χ2v) is 12.7. The monoisotopic (exact) mass is 548 g/mol. The largest absolute Gasteiger partial charge is 0.444 e. The van der Waals surface area contributed by atoms with E-state index >= 15 is 0 Å². The summed E-state index contributed by atoms with van der Waals surface area (Å²) in [7, 11) is -3.52. The van der Waals surface area contributed by atoms with Crippen LogP contribution in [0.25, 0.3) is 11.3 Å². The number of pyridine rings is 1. The number of aromatic nitrogens is 1. The van der Waals surface area contributed by atoms with Crippen LogP contribution in [0, 0.1) is 0 Å². The van der Waals surface area contributed by atoms with Crippen molar-refractivity contribution in [2.45, 2.75) is 39.5 Å². The highest BCUT2D eigenvalue weighted by atomic mass is 35.5. The average molecular weight is 549 g/mol. The van der Waals surface area contributed by atoms with E-state index in [4.69, 9.17) is 16.3 Å². The van der Waals surface area contributed by atoms with Crippen molar-refractivity contribution in [1.82, 2.24) is 9.88 Å². The predicted molar refractivity (Wildman–Crippen MR) is 141 cm³/mol. The molecule has 9 nitrogen and oxygen atoms in total. The van der Waals surface area contributed by atoms with Crippen LogP contribution in [0.3, 0.4) is 0 Å². The first-order valence-electron chi connectivity index (χ1n) is 10.9. The molecule has 0 spiro atoms. The molecule has 190 valence electrons. The van der Waals surface area contributed by atoms with Gasteiger partial charge in [0.25, 0.3) is 5.91 Å². The molecule has 1 aliphatic heterocycles. The number of hydrogen-bond acceptors (Lipinski definition) is 7. The maximum Gasteiger partial charge on any atom is 0.410 e. The van der Waals surface area contributed by atoms with Gasteiger partial charge in [-0.05, 0) is 56.7 Å². The summed E-state index contributed by atoms with van der Waals surface area (Å²) in [6, 6.07) is 9.89. The number of carbonyl (C=O) groups excluding carboxylic acids is 2. The van der Waals surface area contributed by atoms with Crippen LogP contribution in [0.2, 0.25) is 5.02 Å². The van der Waals surface area contributed by atoms with Gasteiger partial charge in [0.15, 0.2) is 0 Å². The van der Waals surface area contributed by atoms with Gasteiger partial charge < -0.3 is 10.1 Å². The van der Waals surface area contributed by atoms with E-state index in [2.05, 4.69) is 15.0 Å². The third-order valence-electron chi connectivity index (χ3n) is 4.99. The van der Waals surface area contributed by atoms with Gasteiger partial charge in [-0.25, -0.2) is 13.2 Å². The standard InChI is InChI=1S/C24H25ClN4O5S2/c1-24(2,3)34-23(31)29-12-14-6-5-7-26-21(14)18-11-19(35-20(18)13-29)22(30)27-16-8-15(25)9-17(10-16)28-36(4,32)33/h5-11,28H,12-13H2,1-4H3,(H,27,30). The number of halogens is 1. The minimum atomic E-state index is -3.52. The Hall–Kier alpha value is -3.15. The van der Waals surface area contributed by atoms with Crippen molar-refractivity contribution in [1.29, 1.82) is 0 Å². The molecule has 0 unspecified atom stereocenters. The van der Waals surface area contributed by atoms with Gasteiger partial charge in [-0.3, -0.25) is 19.4 Å². The van der Waals surface area contributed by atoms with Gasteiger partial charge in [-0.15, -0.1) is 11.3 Å². The number of carbonyl (C=O) groups is 2. The maximum atomic E-state index is 13.1. The summed E-state index contributed by atoms with van der Waals surface area (Å²) >= 11 is 7.37. The van der Waals surface area contributed by atoms with Gasteiger partial charge in [-0.1, -0.05) is 17.7 Å². The Balaban J connectivity index is 1.64. The van der Waals surface area contributed by atoms with Crippen molar-refractivity contribution in [3.8, 4) is 11.3 Å². The van der Waals surface area contributed by atoms with Gasteiger partial charge in [-0.2, -0.15) is 0 Å². The van der Waals surface area contributed by atoms with E-state index in [1.165, 1.54) is 29.5 Å². The number of thiophene rings is 1. The van der Waals surface area contributed by atoms with Crippen LogP contribution in [0.4, 0.5) is 16.2 Å². The Morgan fingerprint density at radius 3 is 2.56 bits per heavy atom. The predicted octanol–water partition coefficient (Wildman–Crippen LogP) is 5.34. The van der Waals surface area contributed by atoms with Crippen LogP contribution in [-0.2, 0) is 27.8 Å². The normalized spacial score (nSPS) is 13.3. The van der Waals surface area contributed by atoms with Crippen LogP contribution in [0.1, 0.15) is 40.9 Å². The summed E-state index contributed by atoms with van der Waals surface area (Å²) in [6.45, 7) is 6.02. The summed E-state index contributed by atoms with van der Waals surface area (Å²) in [4.78, 5) is 33.3. The number of hydrogen-bond donors (Lipinski definition) is 2. The molecule has 2 N–H and O–H groups in total. The number of amides is 2. The minimum absolute atomic E-state index is 0.230. The molecule has 36 heavy (non-hydrogen) atoms. The highest BCUT2D eigenvalue weighted by molar-refractivity contribution is 7.92. The summed E-state index contributed by atoms with van der Waals surface area (Å²) in [5, 5.41) is 3.02. The van der Waals surface area contributed by atoms with Crippen molar-refractivity contribution in [3.63, 3.8) is 0 Å². The van der Waals surface area contributed by atoms with E-state index in [0.29, 0.717) is 22.8 Å². The number of sulfonamides is 1. The zero-order chi connectivity index (χ0) is 26.3. The van der Waals surface area contributed by atoms with Crippen molar-refractivity contribution in [2.75, 3.05) is 16.3 Å². The van der Waals surface area contributed by atoms with Crippen LogP contribution in [-0.4, -0.2) is 42.2 Å². The number of anilines is 2. The highest BCUT2D eigenvalue weighted by Gasteiger charge is 2.29. The molecule has 3 aromatic rings. The smallest absolute Gasteiger partial charge is 0.410 e. The van der Waals surface area contributed by atoms with E-state index < -0.39 is 27.6 Å². The Morgan fingerprint density at radius 1 is 1.14 bits per heavy atom. The summed E-state index contributed by atoms with van der Waals surface area (Å²) in [5.74, 6) is -0.401. The first-order chi connectivity index (χ1) is 16.8. The van der Waals surface area contributed by atoms with Crippen molar-refractivity contribution < 1.29 is 22.7 Å². The molecule has 2 amide bonds. The molecule has 2 aromatic heterocycles. The minimum Gasteiger partial charge on any atom is -0.444 e. The lowest BCUT2D eigenvalue weighted by Gasteiger charge is -2.26. The SMILES string of the molecule is CC(C)(C)OC(=O)N1Cc2cccnc2-c2cc(C(=O)Nc3cc(Cl)cc(NS(C)(=O)=O)c3)sc2C1. The summed E-state index contributed by atoms with van der Waals surface area (Å²) < 4.78 is 31.1. The Labute approximate surface area is 218 Å². The van der Waals surface area contributed by atoms with Gasteiger partial charge in [0.05, 0.1) is 35.6 Å². The van der Waals surface area contributed by atoms with E-state index in [1.54, 1.807) is 23.2 Å². The summed E-state index contributed by atoms with van der Waals surface area (Å²) in [5.41, 5.74) is 2.24. The molecule has 0 radical (unpaired) electrons. The van der Waals surface area contributed by atoms with E-state index in [9.17, 15) is 18.0 Å². The molecule has 0 aliphatic carbocycles. The molecule has 12 heteroatoms. The molecule has 1 aliphatic rings. The lowest BCUT2D eigenvalue weighted by atomic mass is 10.1. The van der Waals surface area contributed by atoms with E-state index in [0.717, 1.165) is 22.3 Å². The van der Waals surface area contributed by atoms with Gasteiger partial charge >= 0.3 is 6.09 Å². The molecule has 0 saturated heterocycles. The van der Waals surface area contributed by atoms with Gasteiger partial charge in [0.1, 0.15) is 5.60 Å². The molecule has 0 fully saturated rings. The van der Waals surface area contributed by atoms with Crippen LogP contribution in [0.5, 0.6) is 0 Å². The fourth-order valence-corrected chi connectivity index (χ4v) is 5.54. The van der Waals surface area contributed by atoms with Gasteiger partial charge in [0.2, 0.25) is 10.0 Å². The zero-order valence-corrected chi connectivity index (χ0v) is 22.5. The molecule has 0 bridgehead atoms. The number of nitrogens with one attached hydrogen (secondary N) is 2. The number of rotatable bonds is 4. The molecule has 3 heterocycles. The van der Waals surface area contributed by atoms with Crippen LogP contribution < -0.4 is 10.0 Å². The van der Waals surface area contributed by atoms with Crippen LogP contribution in [0.15, 0.2) is 42.6 Å². The van der Waals surface area contributed by atoms with Crippen molar-refractivity contribution in [2.24, 2.45) is 0 Å². The Bertz CT molecular complexity index is 1450. The third kappa shape index (κ3) is 6.34. The number of nitrogens with zero attached hydrogens (tertiary/aromatic N) is 2. The number of ether oxygens (including phenoxy) is 1. The second-order valence-electron chi connectivity index (χ2n) is 9.35. The third-order valence-corrected chi connectivity index (χ3v) is 6.93. The molecular weight excluding hydrogens is 524 g/mol. The fraction of sp³-hybridized carbons (Fsp3) is 0.292.